The summed E-state index contributed by atoms with van der Waals surface area (Å²) in [5, 5.41) is 4.45. The molecule has 0 saturated carbocycles. The van der Waals surface area contributed by atoms with Crippen molar-refractivity contribution in [3.05, 3.63) is 250 Å². The van der Waals surface area contributed by atoms with E-state index < -0.39 is 10.8 Å². The minimum Gasteiger partial charge on any atom is -0.481 e. The molecule has 0 amide bonds. The van der Waals surface area contributed by atoms with Crippen molar-refractivity contribution < 1.29 is 9.47 Å². The van der Waals surface area contributed by atoms with Crippen LogP contribution < -0.4 is 9.47 Å². The largest absolute Gasteiger partial charge is 0.481 e. The maximum Gasteiger partial charge on any atom is 0.149 e. The number of aromatic nitrogens is 4. The molecule has 0 fully saturated rings. The van der Waals surface area contributed by atoms with E-state index in [-0.39, 0.29) is 0 Å². The van der Waals surface area contributed by atoms with Gasteiger partial charge in [-0.05, 0) is 158 Å². The van der Waals surface area contributed by atoms with Crippen LogP contribution >= 0.6 is 0 Å². The summed E-state index contributed by atoms with van der Waals surface area (Å²) in [6.45, 7) is 4.37. The summed E-state index contributed by atoms with van der Waals surface area (Å²) < 4.78 is 11.8. The highest BCUT2D eigenvalue weighted by Gasteiger charge is 2.49. The molecule has 0 saturated heterocycles. The average molecular weight is 889 g/mol. The zero-order chi connectivity index (χ0) is 46.4. The maximum absolute atomic E-state index is 5.92. The highest BCUT2D eigenvalue weighted by Crippen LogP contribution is 2.56. The van der Waals surface area contributed by atoms with Gasteiger partial charge in [-0.25, -0.2) is 0 Å². The summed E-state index contributed by atoms with van der Waals surface area (Å²) >= 11 is 0. The second-order valence-electron chi connectivity index (χ2n) is 17.5. The zero-order valence-electron chi connectivity index (χ0n) is 38.2. The van der Waals surface area contributed by atoms with Crippen LogP contribution in [-0.2, 0) is 17.3 Å². The molecule has 6 nitrogen and oxygen atoms in total. The fourth-order valence-electron chi connectivity index (χ4n) is 10.9. The Hall–Kier alpha value is -8.84. The van der Waals surface area contributed by atoms with Crippen molar-refractivity contribution in [2.75, 3.05) is 13.2 Å². The summed E-state index contributed by atoms with van der Waals surface area (Å²) in [6.07, 6.45) is 8.23. The Morgan fingerprint density at radius 2 is 0.710 bits per heavy atom. The Kier molecular flexibility index (Phi) is 10.3. The summed E-state index contributed by atoms with van der Waals surface area (Å²) in [6, 6.07) is 61.4. The van der Waals surface area contributed by atoms with Gasteiger partial charge in [-0.1, -0.05) is 121 Å². The van der Waals surface area contributed by atoms with Gasteiger partial charge in [0.2, 0.25) is 0 Å². The Morgan fingerprint density at radius 3 is 1.07 bits per heavy atom. The molecule has 6 aromatic carbocycles. The number of nitrogens with zero attached hydrogens (tertiary/aromatic N) is 4. The molecule has 0 N–H and O–H groups in total. The molecular formula is C63H44N4O2. The van der Waals surface area contributed by atoms with E-state index in [2.05, 4.69) is 157 Å². The van der Waals surface area contributed by atoms with Gasteiger partial charge in [0.15, 0.2) is 0 Å². The van der Waals surface area contributed by atoms with Crippen molar-refractivity contribution in [3.8, 4) is 58.0 Å². The van der Waals surface area contributed by atoms with E-state index in [1.807, 2.05) is 75.0 Å². The molecule has 4 aromatic heterocycles. The van der Waals surface area contributed by atoms with Gasteiger partial charge >= 0.3 is 0 Å². The molecule has 2 aliphatic carbocycles. The first-order chi connectivity index (χ1) is 34.1. The highest BCUT2D eigenvalue weighted by atomic mass is 16.5. The van der Waals surface area contributed by atoms with Gasteiger partial charge in [-0.2, -0.15) is 0 Å². The average Bonchev–Trinajstić information content (AvgIpc) is 3.88. The number of hydrogen-bond acceptors (Lipinski definition) is 6. The molecule has 0 spiro atoms. The molecule has 0 unspecified atom stereocenters. The third-order valence-electron chi connectivity index (χ3n) is 13.9. The molecule has 6 heteroatoms. The molecule has 0 atom stereocenters. The van der Waals surface area contributed by atoms with E-state index in [0.29, 0.717) is 13.2 Å². The molecule has 0 radical (unpaired) electrons. The van der Waals surface area contributed by atoms with Crippen LogP contribution in [0, 0.1) is 23.7 Å². The van der Waals surface area contributed by atoms with Gasteiger partial charge in [0.1, 0.15) is 24.7 Å². The van der Waals surface area contributed by atoms with Crippen LogP contribution in [0.25, 0.3) is 44.3 Å². The number of hydrogen-bond donors (Lipinski definition) is 0. The van der Waals surface area contributed by atoms with Crippen molar-refractivity contribution in [2.24, 2.45) is 0 Å². The first-order valence-corrected chi connectivity index (χ1v) is 23.2. The third-order valence-corrected chi connectivity index (χ3v) is 13.9. The van der Waals surface area contributed by atoms with Gasteiger partial charge in [0.05, 0.1) is 33.6 Å². The fraction of sp³-hybridized carbons (Fsp3) is 0.111. The Bertz CT molecular complexity index is 3420. The molecule has 0 aliphatic heterocycles. The molecule has 12 rings (SSSR count). The van der Waals surface area contributed by atoms with E-state index in [4.69, 9.17) is 29.4 Å². The monoisotopic (exact) mass is 888 g/mol. The van der Waals surface area contributed by atoms with Crippen molar-refractivity contribution in [2.45, 2.75) is 31.1 Å². The normalized spacial score (nSPS) is 13.2. The summed E-state index contributed by atoms with van der Waals surface area (Å²) in [5.41, 5.74) is 13.9. The van der Waals surface area contributed by atoms with Crippen LogP contribution in [0.2, 0.25) is 0 Å². The maximum atomic E-state index is 5.92. The van der Waals surface area contributed by atoms with Crippen molar-refractivity contribution in [3.63, 3.8) is 0 Å². The molecule has 2 aliphatic rings. The second kappa shape index (κ2) is 17.1. The predicted molar refractivity (Wildman–Crippen MR) is 274 cm³/mol. The standard InChI is InChI=1S/C63H44N4O2/c1-3-5-35-68-52-29-21-44-38-50(27-19-46(44)40-52)62(54-11-7-31-64-58(54)59-55(62)12-8-32-65-59)48-23-15-42(16-24-48)37-43-17-25-49(26-18-43)63(56-13-9-33-66-60(56)61-57(63)14-10-34-67-61)51-28-20-47-41-53(69-36-6-4-2)30-22-45(47)39-51/h7-34,38-41H,35-37H2,1-2H3. The van der Waals surface area contributed by atoms with Gasteiger partial charge in [-0.15, -0.1) is 11.8 Å². The van der Waals surface area contributed by atoms with E-state index in [0.717, 1.165) is 107 Å². The summed E-state index contributed by atoms with van der Waals surface area (Å²) in [7, 11) is 0. The van der Waals surface area contributed by atoms with Gasteiger partial charge in [0, 0.05) is 24.8 Å². The van der Waals surface area contributed by atoms with Crippen LogP contribution in [-0.4, -0.2) is 33.1 Å². The molecule has 69 heavy (non-hydrogen) atoms. The van der Waals surface area contributed by atoms with E-state index in [9.17, 15) is 0 Å². The van der Waals surface area contributed by atoms with E-state index in [1.54, 1.807) is 0 Å². The third kappa shape index (κ3) is 6.75. The van der Waals surface area contributed by atoms with Crippen molar-refractivity contribution in [1.29, 1.82) is 0 Å². The smallest absolute Gasteiger partial charge is 0.149 e. The first kappa shape index (κ1) is 41.6. The minimum absolute atomic E-state index is 0.360. The molecular weight excluding hydrogens is 845 g/mol. The number of pyridine rings is 4. The SMILES string of the molecule is CC#CCOc1ccc2cc(C3(c4ccc(Cc5ccc(C6(c7ccc8cc(OCC#CC)ccc8c7)c7cccnc7-c7ncccc76)cc5)cc4)c4cccnc4-c4ncccc43)ccc2c1. The van der Waals surface area contributed by atoms with Crippen LogP contribution in [0.15, 0.2) is 195 Å². The topological polar surface area (TPSA) is 70.0 Å². The quantitative estimate of drug-likeness (QED) is 0.127. The Labute approximate surface area is 401 Å². The number of ether oxygens (including phenoxy) is 2. The lowest BCUT2D eigenvalue weighted by molar-refractivity contribution is 0.370. The number of fused-ring (bicyclic) bond motifs is 8. The zero-order valence-corrected chi connectivity index (χ0v) is 38.2. The summed E-state index contributed by atoms with van der Waals surface area (Å²) in [5.74, 6) is 13.4. The van der Waals surface area contributed by atoms with E-state index in [1.165, 1.54) is 11.1 Å². The first-order valence-electron chi connectivity index (χ1n) is 23.2. The predicted octanol–water partition coefficient (Wildman–Crippen LogP) is 12.7. The number of benzene rings is 6. The van der Waals surface area contributed by atoms with Crippen LogP contribution in [0.5, 0.6) is 11.5 Å². The fourth-order valence-corrected chi connectivity index (χ4v) is 10.9. The van der Waals surface area contributed by atoms with E-state index >= 15 is 0 Å². The minimum atomic E-state index is -0.637. The van der Waals surface area contributed by atoms with Gasteiger partial charge in [0.25, 0.3) is 0 Å². The van der Waals surface area contributed by atoms with Crippen LogP contribution in [0.3, 0.4) is 0 Å². The van der Waals surface area contributed by atoms with Gasteiger partial charge in [-0.3, -0.25) is 19.9 Å². The molecule has 10 aromatic rings. The molecule has 4 heterocycles. The summed E-state index contributed by atoms with van der Waals surface area (Å²) in [4.78, 5) is 19.7. The Morgan fingerprint density at radius 1 is 0.377 bits per heavy atom. The Balaban J connectivity index is 0.914. The lowest BCUT2D eigenvalue weighted by Gasteiger charge is -2.34. The lowest BCUT2D eigenvalue weighted by atomic mass is 9.67. The second-order valence-corrected chi connectivity index (χ2v) is 17.5. The van der Waals surface area contributed by atoms with Crippen molar-refractivity contribution in [1.82, 2.24) is 19.9 Å². The van der Waals surface area contributed by atoms with Crippen molar-refractivity contribution >= 4 is 21.5 Å². The number of rotatable bonds is 10. The molecule has 328 valence electrons. The van der Waals surface area contributed by atoms with Crippen LogP contribution in [0.4, 0.5) is 0 Å². The van der Waals surface area contributed by atoms with Crippen LogP contribution in [0.1, 0.15) is 69.5 Å². The van der Waals surface area contributed by atoms with Gasteiger partial charge < -0.3 is 9.47 Å². The molecule has 0 bridgehead atoms. The highest BCUT2D eigenvalue weighted by molar-refractivity contribution is 5.90. The lowest BCUT2D eigenvalue weighted by Crippen LogP contribution is -2.28.